The smallest absolute Gasteiger partial charge is 0.0106 e. The Morgan fingerprint density at radius 3 is 1.94 bits per heavy atom. The minimum absolute atomic E-state index is 0.440. The standard InChI is InChI=1S/C13H31N3/c1-7-13(8-2,11-14-3)12-16(6)10-9-15(4)5/h14H,7-12H2,1-6H3. The topological polar surface area (TPSA) is 18.5 Å². The molecule has 0 unspecified atom stereocenters. The van der Waals surface area contributed by atoms with Crippen molar-refractivity contribution < 1.29 is 0 Å². The quantitative estimate of drug-likeness (QED) is 0.646. The van der Waals surface area contributed by atoms with E-state index in [1.165, 1.54) is 19.4 Å². The van der Waals surface area contributed by atoms with Crippen molar-refractivity contribution in [3.63, 3.8) is 0 Å². The van der Waals surface area contributed by atoms with Gasteiger partial charge in [-0.2, -0.15) is 0 Å². The van der Waals surface area contributed by atoms with Crippen molar-refractivity contribution in [3.05, 3.63) is 0 Å². The van der Waals surface area contributed by atoms with Gasteiger partial charge in [-0.15, -0.1) is 0 Å². The van der Waals surface area contributed by atoms with Gasteiger partial charge in [0.05, 0.1) is 0 Å². The van der Waals surface area contributed by atoms with Crippen LogP contribution in [0.25, 0.3) is 0 Å². The molecule has 0 amide bonds. The zero-order valence-corrected chi connectivity index (χ0v) is 12.1. The fourth-order valence-corrected chi connectivity index (χ4v) is 2.18. The van der Waals surface area contributed by atoms with E-state index in [1.807, 2.05) is 0 Å². The van der Waals surface area contributed by atoms with Gasteiger partial charge >= 0.3 is 0 Å². The highest BCUT2D eigenvalue weighted by Crippen LogP contribution is 2.26. The minimum atomic E-state index is 0.440. The Balaban J connectivity index is 4.16. The van der Waals surface area contributed by atoms with E-state index in [-0.39, 0.29) is 0 Å². The van der Waals surface area contributed by atoms with Crippen LogP contribution in [0.2, 0.25) is 0 Å². The molecule has 0 aliphatic carbocycles. The van der Waals surface area contributed by atoms with E-state index in [2.05, 4.69) is 57.2 Å². The predicted molar refractivity (Wildman–Crippen MR) is 73.0 cm³/mol. The molecule has 0 aromatic heterocycles. The lowest BCUT2D eigenvalue weighted by atomic mass is 9.81. The maximum Gasteiger partial charge on any atom is 0.0106 e. The third kappa shape index (κ3) is 5.83. The Hall–Kier alpha value is -0.120. The van der Waals surface area contributed by atoms with Crippen molar-refractivity contribution >= 4 is 0 Å². The SMILES string of the molecule is CCC(CC)(CNC)CN(C)CCN(C)C. The van der Waals surface area contributed by atoms with Gasteiger partial charge in [0.1, 0.15) is 0 Å². The number of rotatable bonds is 9. The van der Waals surface area contributed by atoms with Crippen LogP contribution in [-0.4, -0.2) is 64.2 Å². The highest BCUT2D eigenvalue weighted by atomic mass is 15.2. The fraction of sp³-hybridized carbons (Fsp3) is 1.00. The molecule has 0 aliphatic rings. The third-order valence-electron chi connectivity index (χ3n) is 3.59. The maximum absolute atomic E-state index is 3.34. The van der Waals surface area contributed by atoms with Crippen LogP contribution in [0.1, 0.15) is 26.7 Å². The molecule has 0 aromatic rings. The molecule has 16 heavy (non-hydrogen) atoms. The summed E-state index contributed by atoms with van der Waals surface area (Å²) in [6.07, 6.45) is 2.49. The Bertz CT molecular complexity index is 165. The molecule has 3 nitrogen and oxygen atoms in total. The zero-order chi connectivity index (χ0) is 12.6. The summed E-state index contributed by atoms with van der Waals surface area (Å²) < 4.78 is 0. The second-order valence-electron chi connectivity index (χ2n) is 5.28. The van der Waals surface area contributed by atoms with E-state index < -0.39 is 0 Å². The van der Waals surface area contributed by atoms with Crippen molar-refractivity contribution in [2.24, 2.45) is 5.41 Å². The summed E-state index contributed by atoms with van der Waals surface area (Å²) >= 11 is 0. The molecular formula is C13H31N3. The molecule has 0 saturated heterocycles. The van der Waals surface area contributed by atoms with E-state index >= 15 is 0 Å². The van der Waals surface area contributed by atoms with Crippen LogP contribution in [0.4, 0.5) is 0 Å². The lowest BCUT2D eigenvalue weighted by molar-refractivity contribution is 0.150. The van der Waals surface area contributed by atoms with E-state index in [1.54, 1.807) is 0 Å². The molecule has 0 heterocycles. The van der Waals surface area contributed by atoms with E-state index in [4.69, 9.17) is 0 Å². The lowest BCUT2D eigenvalue weighted by Crippen LogP contribution is -2.43. The normalized spacial score (nSPS) is 12.8. The highest BCUT2D eigenvalue weighted by molar-refractivity contribution is 4.81. The van der Waals surface area contributed by atoms with E-state index in [0.717, 1.165) is 19.6 Å². The Kier molecular flexibility index (Phi) is 7.98. The van der Waals surface area contributed by atoms with Gasteiger partial charge in [-0.25, -0.2) is 0 Å². The van der Waals surface area contributed by atoms with Gasteiger partial charge in [0, 0.05) is 26.2 Å². The number of nitrogens with zero attached hydrogens (tertiary/aromatic N) is 2. The molecule has 0 spiro atoms. The average molecular weight is 229 g/mol. The van der Waals surface area contributed by atoms with Crippen LogP contribution < -0.4 is 5.32 Å². The van der Waals surface area contributed by atoms with Crippen LogP contribution in [-0.2, 0) is 0 Å². The fourth-order valence-electron chi connectivity index (χ4n) is 2.18. The van der Waals surface area contributed by atoms with Crippen LogP contribution in [0, 0.1) is 5.41 Å². The zero-order valence-electron chi connectivity index (χ0n) is 12.1. The summed E-state index contributed by atoms with van der Waals surface area (Å²) in [4.78, 5) is 4.71. The molecule has 0 aromatic carbocycles. The molecule has 0 aliphatic heterocycles. The first-order valence-corrected chi connectivity index (χ1v) is 6.47. The van der Waals surface area contributed by atoms with Crippen LogP contribution in [0.3, 0.4) is 0 Å². The number of hydrogen-bond donors (Lipinski definition) is 1. The van der Waals surface area contributed by atoms with Crippen LogP contribution in [0.15, 0.2) is 0 Å². The summed E-state index contributed by atoms with van der Waals surface area (Å²) in [5.41, 5.74) is 0.440. The Morgan fingerprint density at radius 2 is 1.56 bits per heavy atom. The van der Waals surface area contributed by atoms with Gasteiger partial charge in [-0.05, 0) is 46.4 Å². The molecular weight excluding hydrogens is 198 g/mol. The number of likely N-dealkylation sites (N-methyl/N-ethyl adjacent to an activating group) is 2. The monoisotopic (exact) mass is 229 g/mol. The highest BCUT2D eigenvalue weighted by Gasteiger charge is 2.26. The molecule has 98 valence electrons. The lowest BCUT2D eigenvalue weighted by Gasteiger charge is -2.36. The predicted octanol–water partition coefficient (Wildman–Crippen LogP) is 1.51. The van der Waals surface area contributed by atoms with Gasteiger partial charge in [0.15, 0.2) is 0 Å². The van der Waals surface area contributed by atoms with Crippen molar-refractivity contribution in [2.75, 3.05) is 54.4 Å². The molecule has 0 atom stereocenters. The molecule has 0 radical (unpaired) electrons. The summed E-state index contributed by atoms with van der Waals surface area (Å²) in [7, 11) is 8.56. The van der Waals surface area contributed by atoms with Gasteiger partial charge in [-0.1, -0.05) is 13.8 Å². The summed E-state index contributed by atoms with van der Waals surface area (Å²) in [5, 5.41) is 3.34. The third-order valence-corrected chi connectivity index (χ3v) is 3.59. The molecule has 1 N–H and O–H groups in total. The van der Waals surface area contributed by atoms with Crippen molar-refractivity contribution in [2.45, 2.75) is 26.7 Å². The van der Waals surface area contributed by atoms with Crippen LogP contribution >= 0.6 is 0 Å². The average Bonchev–Trinajstić information content (AvgIpc) is 2.25. The summed E-state index contributed by atoms with van der Waals surface area (Å²) in [6, 6.07) is 0. The van der Waals surface area contributed by atoms with E-state index in [0.29, 0.717) is 5.41 Å². The Morgan fingerprint density at radius 1 is 1.00 bits per heavy atom. The Labute approximate surface area is 102 Å². The first kappa shape index (κ1) is 15.9. The summed E-state index contributed by atoms with van der Waals surface area (Å²) in [5.74, 6) is 0. The molecule has 3 heteroatoms. The largest absolute Gasteiger partial charge is 0.319 e. The second kappa shape index (κ2) is 8.04. The molecule has 0 saturated carbocycles. The number of nitrogens with one attached hydrogen (secondary N) is 1. The molecule has 0 rings (SSSR count). The first-order valence-electron chi connectivity index (χ1n) is 6.47. The minimum Gasteiger partial charge on any atom is -0.319 e. The van der Waals surface area contributed by atoms with Crippen LogP contribution in [0.5, 0.6) is 0 Å². The van der Waals surface area contributed by atoms with Gasteiger partial charge in [0.25, 0.3) is 0 Å². The van der Waals surface area contributed by atoms with Gasteiger partial charge in [-0.3, -0.25) is 0 Å². The second-order valence-corrected chi connectivity index (χ2v) is 5.28. The van der Waals surface area contributed by atoms with Gasteiger partial charge in [0.2, 0.25) is 0 Å². The maximum atomic E-state index is 3.34. The summed E-state index contributed by atoms with van der Waals surface area (Å²) in [6.45, 7) is 9.21. The van der Waals surface area contributed by atoms with Gasteiger partial charge < -0.3 is 15.1 Å². The number of hydrogen-bond acceptors (Lipinski definition) is 3. The van der Waals surface area contributed by atoms with E-state index in [9.17, 15) is 0 Å². The van der Waals surface area contributed by atoms with Crippen molar-refractivity contribution in [1.29, 1.82) is 0 Å². The van der Waals surface area contributed by atoms with Crippen molar-refractivity contribution in [1.82, 2.24) is 15.1 Å². The molecule has 0 bridgehead atoms. The molecule has 0 fully saturated rings. The first-order chi connectivity index (χ1) is 7.49. The van der Waals surface area contributed by atoms with Crippen molar-refractivity contribution in [3.8, 4) is 0 Å².